The van der Waals surface area contributed by atoms with Crippen molar-refractivity contribution in [1.29, 1.82) is 0 Å². The second-order valence-corrected chi connectivity index (χ2v) is 7.50. The summed E-state index contributed by atoms with van der Waals surface area (Å²) in [6, 6.07) is 7.82. The van der Waals surface area contributed by atoms with Gasteiger partial charge in [-0.25, -0.2) is 0 Å². The van der Waals surface area contributed by atoms with Crippen LogP contribution in [0.4, 0.5) is 0 Å². The summed E-state index contributed by atoms with van der Waals surface area (Å²) < 4.78 is 5.61. The molecule has 2 aliphatic heterocycles. The summed E-state index contributed by atoms with van der Waals surface area (Å²) in [5, 5.41) is 3.46. The molecule has 1 unspecified atom stereocenters. The number of ether oxygens (including phenoxy) is 1. The Kier molecular flexibility index (Phi) is 5.41. The predicted octanol–water partition coefficient (Wildman–Crippen LogP) is 1.52. The maximum absolute atomic E-state index is 12.3. The monoisotopic (exact) mass is 331 g/mol. The molecule has 132 valence electrons. The average molecular weight is 331 g/mol. The number of hydrogen-bond donors (Lipinski definition) is 1. The third-order valence-electron chi connectivity index (χ3n) is 5.17. The molecular formula is C19H29N3O2. The largest absolute Gasteiger partial charge is 0.484 e. The molecule has 1 atom stereocenters. The first-order valence-corrected chi connectivity index (χ1v) is 8.94. The van der Waals surface area contributed by atoms with Gasteiger partial charge in [-0.05, 0) is 37.4 Å². The number of carbonyl (C=O) groups is 1. The van der Waals surface area contributed by atoms with E-state index in [2.05, 4.69) is 17.1 Å². The van der Waals surface area contributed by atoms with Gasteiger partial charge in [0, 0.05) is 39.3 Å². The van der Waals surface area contributed by atoms with Crippen LogP contribution in [0.2, 0.25) is 0 Å². The molecule has 3 rings (SSSR count). The lowest BCUT2D eigenvalue weighted by molar-refractivity contribution is -0.135. The van der Waals surface area contributed by atoms with Gasteiger partial charge in [-0.1, -0.05) is 24.6 Å². The Hall–Kier alpha value is -1.59. The van der Waals surface area contributed by atoms with E-state index in [1.54, 1.807) is 0 Å². The summed E-state index contributed by atoms with van der Waals surface area (Å²) in [6.45, 7) is 11.4. The molecule has 1 aromatic rings. The number of nitrogens with zero attached hydrogens (tertiary/aromatic N) is 2. The van der Waals surface area contributed by atoms with Crippen LogP contribution in [0.15, 0.2) is 24.3 Å². The van der Waals surface area contributed by atoms with Crippen molar-refractivity contribution in [2.75, 3.05) is 52.4 Å². The molecule has 2 saturated heterocycles. The van der Waals surface area contributed by atoms with Crippen LogP contribution in [0.25, 0.3) is 0 Å². The van der Waals surface area contributed by atoms with E-state index in [1.165, 1.54) is 12.0 Å². The highest BCUT2D eigenvalue weighted by molar-refractivity contribution is 5.77. The average Bonchev–Trinajstić information content (AvgIpc) is 3.01. The number of nitrogens with one attached hydrogen (secondary N) is 1. The van der Waals surface area contributed by atoms with E-state index < -0.39 is 0 Å². The van der Waals surface area contributed by atoms with Gasteiger partial charge in [0.15, 0.2) is 6.61 Å². The van der Waals surface area contributed by atoms with E-state index in [0.29, 0.717) is 5.41 Å². The maximum Gasteiger partial charge on any atom is 0.260 e. The van der Waals surface area contributed by atoms with Crippen molar-refractivity contribution in [2.24, 2.45) is 5.41 Å². The lowest BCUT2D eigenvalue weighted by atomic mass is 9.89. The van der Waals surface area contributed by atoms with E-state index in [0.717, 1.165) is 51.6 Å². The number of amides is 1. The van der Waals surface area contributed by atoms with Crippen LogP contribution in [0.5, 0.6) is 5.75 Å². The van der Waals surface area contributed by atoms with Crippen LogP contribution in [0.1, 0.15) is 18.9 Å². The van der Waals surface area contributed by atoms with E-state index in [1.807, 2.05) is 36.1 Å². The molecule has 5 heteroatoms. The fourth-order valence-corrected chi connectivity index (χ4v) is 3.57. The molecule has 5 nitrogen and oxygen atoms in total. The molecule has 24 heavy (non-hydrogen) atoms. The lowest BCUT2D eigenvalue weighted by Crippen LogP contribution is -2.52. The van der Waals surface area contributed by atoms with E-state index >= 15 is 0 Å². The molecule has 2 fully saturated rings. The van der Waals surface area contributed by atoms with Gasteiger partial charge in [0.25, 0.3) is 5.91 Å². The topological polar surface area (TPSA) is 44.8 Å². The van der Waals surface area contributed by atoms with E-state index in [-0.39, 0.29) is 12.5 Å². The van der Waals surface area contributed by atoms with Crippen molar-refractivity contribution in [3.8, 4) is 5.75 Å². The predicted molar refractivity (Wildman–Crippen MR) is 95.3 cm³/mol. The first-order chi connectivity index (χ1) is 11.5. The van der Waals surface area contributed by atoms with Crippen molar-refractivity contribution < 1.29 is 9.53 Å². The molecule has 0 aromatic heterocycles. The van der Waals surface area contributed by atoms with Crippen LogP contribution >= 0.6 is 0 Å². The third-order valence-corrected chi connectivity index (χ3v) is 5.17. The molecule has 0 bridgehead atoms. The number of benzene rings is 1. The number of carbonyl (C=O) groups excluding carboxylic acids is 1. The fraction of sp³-hybridized carbons (Fsp3) is 0.632. The maximum atomic E-state index is 12.3. The first kappa shape index (κ1) is 17.2. The summed E-state index contributed by atoms with van der Waals surface area (Å²) in [4.78, 5) is 16.8. The zero-order valence-electron chi connectivity index (χ0n) is 14.9. The SMILES string of the molecule is Cc1ccc(OCC(=O)N2CCN(CC3(C)CCNC3)CC2)cc1. The van der Waals surface area contributed by atoms with Crippen LogP contribution in [-0.2, 0) is 4.79 Å². The number of hydrogen-bond acceptors (Lipinski definition) is 4. The number of piperazine rings is 1. The molecule has 1 N–H and O–H groups in total. The summed E-state index contributed by atoms with van der Waals surface area (Å²) in [5.41, 5.74) is 1.58. The minimum atomic E-state index is 0.0870. The van der Waals surface area contributed by atoms with Crippen LogP contribution in [0, 0.1) is 12.3 Å². The van der Waals surface area contributed by atoms with Crippen molar-refractivity contribution in [2.45, 2.75) is 20.3 Å². The number of aryl methyl sites for hydroxylation is 1. The Labute approximate surface area is 145 Å². The molecule has 1 amide bonds. The Bertz CT molecular complexity index is 544. The lowest BCUT2D eigenvalue weighted by Gasteiger charge is -2.38. The molecule has 1 aromatic carbocycles. The minimum absolute atomic E-state index is 0.0870. The minimum Gasteiger partial charge on any atom is -0.484 e. The molecular weight excluding hydrogens is 302 g/mol. The smallest absolute Gasteiger partial charge is 0.260 e. The summed E-state index contributed by atoms with van der Waals surface area (Å²) in [6.07, 6.45) is 1.25. The van der Waals surface area contributed by atoms with E-state index in [9.17, 15) is 4.79 Å². The van der Waals surface area contributed by atoms with Crippen LogP contribution < -0.4 is 10.1 Å². The van der Waals surface area contributed by atoms with Gasteiger partial charge < -0.3 is 15.0 Å². The normalized spacial score (nSPS) is 25.0. The highest BCUT2D eigenvalue weighted by atomic mass is 16.5. The first-order valence-electron chi connectivity index (χ1n) is 8.94. The highest BCUT2D eigenvalue weighted by Crippen LogP contribution is 2.26. The quantitative estimate of drug-likeness (QED) is 0.888. The van der Waals surface area contributed by atoms with Gasteiger partial charge >= 0.3 is 0 Å². The summed E-state index contributed by atoms with van der Waals surface area (Å²) in [5.74, 6) is 0.846. The van der Waals surface area contributed by atoms with Crippen molar-refractivity contribution >= 4 is 5.91 Å². The van der Waals surface area contributed by atoms with Gasteiger partial charge in [0.2, 0.25) is 0 Å². The van der Waals surface area contributed by atoms with Gasteiger partial charge in [-0.15, -0.1) is 0 Å². The third kappa shape index (κ3) is 4.48. The molecule has 0 saturated carbocycles. The Morgan fingerprint density at radius 3 is 2.54 bits per heavy atom. The molecule has 0 spiro atoms. The Balaban J connectivity index is 1.40. The Morgan fingerprint density at radius 1 is 1.21 bits per heavy atom. The highest BCUT2D eigenvalue weighted by Gasteiger charge is 2.32. The van der Waals surface area contributed by atoms with Crippen LogP contribution in [0.3, 0.4) is 0 Å². The number of rotatable bonds is 5. The summed E-state index contributed by atoms with van der Waals surface area (Å²) >= 11 is 0. The molecule has 0 radical (unpaired) electrons. The van der Waals surface area contributed by atoms with Crippen LogP contribution in [-0.4, -0.2) is 68.1 Å². The van der Waals surface area contributed by atoms with Gasteiger partial charge in [-0.2, -0.15) is 0 Å². The molecule has 0 aliphatic carbocycles. The standard InChI is InChI=1S/C19H29N3O2/c1-16-3-5-17(6-4-16)24-13-18(23)22-11-9-21(10-12-22)15-19(2)7-8-20-14-19/h3-6,20H,7-15H2,1-2H3. The fourth-order valence-electron chi connectivity index (χ4n) is 3.57. The second kappa shape index (κ2) is 7.53. The van der Waals surface area contributed by atoms with Gasteiger partial charge in [0.05, 0.1) is 0 Å². The molecule has 2 heterocycles. The van der Waals surface area contributed by atoms with Gasteiger partial charge in [-0.3, -0.25) is 9.69 Å². The van der Waals surface area contributed by atoms with Crippen molar-refractivity contribution in [1.82, 2.24) is 15.1 Å². The van der Waals surface area contributed by atoms with Gasteiger partial charge in [0.1, 0.15) is 5.75 Å². The zero-order valence-corrected chi connectivity index (χ0v) is 14.9. The zero-order chi connectivity index (χ0) is 17.0. The Morgan fingerprint density at radius 2 is 1.92 bits per heavy atom. The second-order valence-electron chi connectivity index (χ2n) is 7.50. The van der Waals surface area contributed by atoms with Crippen molar-refractivity contribution in [3.63, 3.8) is 0 Å². The molecule has 2 aliphatic rings. The van der Waals surface area contributed by atoms with E-state index in [4.69, 9.17) is 4.74 Å². The summed E-state index contributed by atoms with van der Waals surface area (Å²) in [7, 11) is 0. The van der Waals surface area contributed by atoms with Crippen molar-refractivity contribution in [3.05, 3.63) is 29.8 Å².